The van der Waals surface area contributed by atoms with Crippen LogP contribution in [0, 0.1) is 0 Å². The zero-order chi connectivity index (χ0) is 10.6. The van der Waals surface area contributed by atoms with Crippen molar-refractivity contribution >= 4 is 20.7 Å². The van der Waals surface area contributed by atoms with Crippen molar-refractivity contribution in [1.29, 1.82) is 0 Å². The maximum absolute atomic E-state index is 10.8. The lowest BCUT2D eigenvalue weighted by molar-refractivity contribution is -0.143. The van der Waals surface area contributed by atoms with Crippen molar-refractivity contribution in [2.75, 3.05) is 6.61 Å². The minimum atomic E-state index is -3.01. The highest BCUT2D eigenvalue weighted by molar-refractivity contribution is 6.64. The van der Waals surface area contributed by atoms with Gasteiger partial charge < -0.3 is 13.3 Å². The third kappa shape index (κ3) is 3.11. The Hall–Kier alpha value is -0.883. The number of rotatable bonds is 2. The zero-order valence-electron chi connectivity index (χ0n) is 8.37. The second-order valence-electron chi connectivity index (χ2n) is 3.18. The smallest absolute Gasteiger partial charge is 0.464 e. The number of hydrogen-bond donors (Lipinski definition) is 0. The molecular weight excluding hydrogens is 204 g/mol. The van der Waals surface area contributed by atoms with Crippen LogP contribution in [-0.2, 0) is 22.9 Å². The number of carbonyl (C=O) groups excluding carboxylic acids is 2. The topological polar surface area (TPSA) is 61.8 Å². The normalized spacial score (nSPS) is 19.9. The van der Waals surface area contributed by atoms with E-state index in [0.717, 1.165) is 12.8 Å². The lowest BCUT2D eigenvalue weighted by Crippen LogP contribution is -2.50. The molecule has 1 rings (SSSR count). The summed E-state index contributed by atoms with van der Waals surface area (Å²) in [6, 6.07) is 0.534. The molecule has 14 heavy (non-hydrogen) atoms. The zero-order valence-corrected chi connectivity index (χ0v) is 9.37. The lowest BCUT2D eigenvalue weighted by Gasteiger charge is -2.30. The van der Waals surface area contributed by atoms with Gasteiger partial charge in [0.25, 0.3) is 11.9 Å². The predicted octanol–water partition coefficient (Wildman–Crippen LogP) is 0.862. The molecule has 1 fully saturated rings. The van der Waals surface area contributed by atoms with E-state index in [1.165, 1.54) is 13.8 Å². The summed E-state index contributed by atoms with van der Waals surface area (Å²) in [5.41, 5.74) is 0. The average Bonchev–Trinajstić information content (AvgIpc) is 2.01. The van der Waals surface area contributed by atoms with Crippen LogP contribution in [0.25, 0.3) is 0 Å². The van der Waals surface area contributed by atoms with E-state index in [1.807, 2.05) is 0 Å². The van der Waals surface area contributed by atoms with E-state index in [9.17, 15) is 9.59 Å². The summed E-state index contributed by atoms with van der Waals surface area (Å²) in [7, 11) is -3.01. The molecule has 1 aliphatic rings. The molecule has 0 radical (unpaired) electrons. The molecule has 0 unspecified atom stereocenters. The Morgan fingerprint density at radius 2 is 1.71 bits per heavy atom. The summed E-state index contributed by atoms with van der Waals surface area (Å²) in [6.07, 6.45) is 1.78. The summed E-state index contributed by atoms with van der Waals surface area (Å²) in [4.78, 5) is 21.7. The van der Waals surface area contributed by atoms with Gasteiger partial charge in [0.2, 0.25) is 0 Å². The fraction of sp³-hybridized carbons (Fsp3) is 0.750. The van der Waals surface area contributed by atoms with Gasteiger partial charge in [-0.05, 0) is 12.8 Å². The Balaban J connectivity index is 2.66. The first-order valence-electron chi connectivity index (χ1n) is 4.57. The molecule has 80 valence electrons. The second-order valence-corrected chi connectivity index (χ2v) is 5.74. The van der Waals surface area contributed by atoms with Crippen LogP contribution in [0.5, 0.6) is 0 Å². The average molecular weight is 218 g/mol. The molecule has 0 spiro atoms. The Kier molecular flexibility index (Phi) is 3.65. The van der Waals surface area contributed by atoms with Crippen LogP contribution < -0.4 is 0 Å². The van der Waals surface area contributed by atoms with Crippen LogP contribution in [0.15, 0.2) is 0 Å². The van der Waals surface area contributed by atoms with Gasteiger partial charge in [0.05, 0.1) is 0 Å². The molecule has 0 aliphatic carbocycles. The predicted molar refractivity (Wildman–Crippen MR) is 49.3 cm³/mol. The van der Waals surface area contributed by atoms with Gasteiger partial charge >= 0.3 is 8.80 Å². The molecule has 0 aromatic rings. The highest BCUT2D eigenvalue weighted by atomic mass is 28.4. The molecule has 6 heteroatoms. The van der Waals surface area contributed by atoms with Crippen LogP contribution in [0.4, 0.5) is 0 Å². The van der Waals surface area contributed by atoms with Gasteiger partial charge in [-0.1, -0.05) is 0 Å². The SMILES string of the molecule is CC(=O)O[Si]1(OC(C)=O)CCCCO1. The third-order valence-electron chi connectivity index (χ3n) is 1.80. The Bertz CT molecular complexity index is 216. The maximum atomic E-state index is 10.8. The second kappa shape index (κ2) is 4.56. The van der Waals surface area contributed by atoms with Gasteiger partial charge in [-0.25, -0.2) is 0 Å². The molecule has 5 nitrogen and oxygen atoms in total. The molecule has 0 saturated carbocycles. The summed E-state index contributed by atoms with van der Waals surface area (Å²) >= 11 is 0. The van der Waals surface area contributed by atoms with Crippen LogP contribution >= 0.6 is 0 Å². The molecule has 1 aliphatic heterocycles. The van der Waals surface area contributed by atoms with Crippen molar-refractivity contribution in [2.45, 2.75) is 32.7 Å². The quantitative estimate of drug-likeness (QED) is 0.643. The Morgan fingerprint density at radius 1 is 1.14 bits per heavy atom. The summed E-state index contributed by atoms with van der Waals surface area (Å²) < 4.78 is 15.4. The number of carbonyl (C=O) groups is 2. The van der Waals surface area contributed by atoms with Gasteiger partial charge in [0.1, 0.15) is 0 Å². The first-order valence-corrected chi connectivity index (χ1v) is 6.50. The van der Waals surface area contributed by atoms with Crippen LogP contribution in [0.1, 0.15) is 26.7 Å². The summed E-state index contributed by atoms with van der Waals surface area (Å²) in [6.45, 7) is 3.07. The highest BCUT2D eigenvalue weighted by Gasteiger charge is 2.49. The number of hydrogen-bond acceptors (Lipinski definition) is 5. The molecule has 0 amide bonds. The first-order chi connectivity index (χ1) is 6.54. The van der Waals surface area contributed by atoms with Gasteiger partial charge in [-0.2, -0.15) is 0 Å². The molecular formula is C8H14O5Si. The third-order valence-corrected chi connectivity index (χ3v) is 4.60. The van der Waals surface area contributed by atoms with Gasteiger partial charge in [0.15, 0.2) is 0 Å². The van der Waals surface area contributed by atoms with Crippen molar-refractivity contribution in [3.8, 4) is 0 Å². The highest BCUT2D eigenvalue weighted by Crippen LogP contribution is 2.24. The fourth-order valence-corrected chi connectivity index (χ4v) is 3.89. The Morgan fingerprint density at radius 3 is 2.07 bits per heavy atom. The standard InChI is InChI=1S/C8H14O5Si/c1-7(9)12-14(13-8(2)10)6-4-3-5-11-14/h3-6H2,1-2H3. The van der Waals surface area contributed by atoms with E-state index in [-0.39, 0.29) is 0 Å². The van der Waals surface area contributed by atoms with Gasteiger partial charge in [-0.3, -0.25) is 9.59 Å². The van der Waals surface area contributed by atoms with Crippen molar-refractivity contribution in [3.05, 3.63) is 0 Å². The van der Waals surface area contributed by atoms with Crippen molar-refractivity contribution < 1.29 is 22.9 Å². The van der Waals surface area contributed by atoms with E-state index in [4.69, 9.17) is 13.3 Å². The summed E-state index contributed by atoms with van der Waals surface area (Å²) in [5, 5.41) is 0. The molecule has 0 N–H and O–H groups in total. The van der Waals surface area contributed by atoms with Gasteiger partial charge in [0, 0.05) is 26.5 Å². The van der Waals surface area contributed by atoms with E-state index >= 15 is 0 Å². The minimum absolute atomic E-state index is 0.459. The minimum Gasteiger partial charge on any atom is -0.464 e. The van der Waals surface area contributed by atoms with Crippen LogP contribution in [-0.4, -0.2) is 27.3 Å². The van der Waals surface area contributed by atoms with Gasteiger partial charge in [-0.15, -0.1) is 0 Å². The first kappa shape index (κ1) is 11.2. The molecule has 0 aromatic carbocycles. The van der Waals surface area contributed by atoms with Crippen LogP contribution in [0.3, 0.4) is 0 Å². The van der Waals surface area contributed by atoms with Crippen molar-refractivity contribution in [1.82, 2.24) is 0 Å². The lowest BCUT2D eigenvalue weighted by atomic mass is 10.4. The Labute approximate surface area is 83.7 Å². The summed E-state index contributed by atoms with van der Waals surface area (Å²) in [5.74, 6) is -0.917. The molecule has 0 bridgehead atoms. The molecule has 0 atom stereocenters. The van der Waals surface area contributed by atoms with E-state index in [1.54, 1.807) is 0 Å². The maximum Gasteiger partial charge on any atom is 0.636 e. The largest absolute Gasteiger partial charge is 0.636 e. The van der Waals surface area contributed by atoms with E-state index in [0.29, 0.717) is 12.7 Å². The van der Waals surface area contributed by atoms with Crippen molar-refractivity contribution in [2.24, 2.45) is 0 Å². The fourth-order valence-electron chi connectivity index (χ4n) is 1.36. The van der Waals surface area contributed by atoms with Crippen LogP contribution in [0.2, 0.25) is 6.04 Å². The molecule has 1 heterocycles. The van der Waals surface area contributed by atoms with E-state index in [2.05, 4.69) is 0 Å². The molecule has 1 saturated heterocycles. The van der Waals surface area contributed by atoms with Crippen molar-refractivity contribution in [3.63, 3.8) is 0 Å². The molecule has 0 aromatic heterocycles. The monoisotopic (exact) mass is 218 g/mol. The van der Waals surface area contributed by atoms with E-state index < -0.39 is 20.7 Å².